The van der Waals surface area contributed by atoms with Gasteiger partial charge in [0.2, 0.25) is 5.95 Å². The number of imide groups is 1. The minimum atomic E-state index is -0.385. The van der Waals surface area contributed by atoms with E-state index < -0.39 is 0 Å². The van der Waals surface area contributed by atoms with Crippen molar-refractivity contribution in [2.75, 3.05) is 11.9 Å². The van der Waals surface area contributed by atoms with E-state index in [0.29, 0.717) is 28.5 Å². The SMILES string of the molecule is O=C1NC(=O)/C(=C/c2ccnc(NCC3CCC(NCc4ccccc4-c4ccncc4)CC3)n2)S1. The molecule has 2 aliphatic rings. The normalized spacial score (nSPS) is 20.9. The first kappa shape index (κ1) is 24.1. The van der Waals surface area contributed by atoms with Gasteiger partial charge in [-0.05, 0) is 84.3 Å². The van der Waals surface area contributed by atoms with Gasteiger partial charge in [-0.2, -0.15) is 0 Å². The van der Waals surface area contributed by atoms with Gasteiger partial charge in [0.1, 0.15) is 0 Å². The zero-order chi connectivity index (χ0) is 24.7. The van der Waals surface area contributed by atoms with Crippen molar-refractivity contribution >= 4 is 34.9 Å². The third-order valence-electron chi connectivity index (χ3n) is 6.58. The fourth-order valence-corrected chi connectivity index (χ4v) is 5.31. The van der Waals surface area contributed by atoms with Crippen LogP contribution in [0, 0.1) is 5.92 Å². The first-order chi connectivity index (χ1) is 17.6. The van der Waals surface area contributed by atoms with Gasteiger partial charge in [-0.15, -0.1) is 0 Å². The number of nitrogens with zero attached hydrogens (tertiary/aromatic N) is 3. The van der Waals surface area contributed by atoms with E-state index in [0.717, 1.165) is 50.5 Å². The summed E-state index contributed by atoms with van der Waals surface area (Å²) < 4.78 is 0. The number of anilines is 1. The standard InChI is InChI=1S/C27H28N6O2S/c34-25-24(36-27(35)33-25)15-22-11-14-29-26(32-22)31-16-18-5-7-21(8-6-18)30-17-20-3-1-2-4-23(20)19-9-12-28-13-10-19/h1-4,9-15,18,21,30H,5-8,16-17H2,(H,29,31,32)(H,33,34,35)/b24-15-. The molecule has 3 N–H and O–H groups in total. The molecule has 2 amide bonds. The number of carbonyl (C=O) groups is 2. The molecule has 1 aromatic carbocycles. The van der Waals surface area contributed by atoms with Crippen LogP contribution in [0.2, 0.25) is 0 Å². The molecule has 0 atom stereocenters. The Morgan fingerprint density at radius 1 is 1.00 bits per heavy atom. The molecule has 1 saturated carbocycles. The van der Waals surface area contributed by atoms with Gasteiger partial charge in [0, 0.05) is 37.7 Å². The van der Waals surface area contributed by atoms with E-state index in [1.54, 1.807) is 18.3 Å². The quantitative estimate of drug-likeness (QED) is 0.385. The molecular formula is C27H28N6O2S. The molecule has 5 rings (SSSR count). The Hall–Kier alpha value is -3.56. The number of carbonyl (C=O) groups excluding carboxylic acids is 2. The molecule has 1 aliphatic heterocycles. The molecule has 0 spiro atoms. The van der Waals surface area contributed by atoms with E-state index in [2.05, 4.69) is 67.3 Å². The Kier molecular flexibility index (Phi) is 7.68. The Labute approximate surface area is 214 Å². The van der Waals surface area contributed by atoms with E-state index in [4.69, 9.17) is 0 Å². The van der Waals surface area contributed by atoms with E-state index >= 15 is 0 Å². The summed E-state index contributed by atoms with van der Waals surface area (Å²) in [5.74, 6) is 0.711. The van der Waals surface area contributed by atoms with Crippen molar-refractivity contribution in [1.82, 2.24) is 25.6 Å². The van der Waals surface area contributed by atoms with Crippen molar-refractivity contribution in [3.63, 3.8) is 0 Å². The molecule has 3 heterocycles. The number of thioether (sulfide) groups is 1. The number of rotatable bonds is 8. The molecule has 1 aliphatic carbocycles. The summed E-state index contributed by atoms with van der Waals surface area (Å²) in [6, 6.07) is 14.9. The number of pyridine rings is 1. The van der Waals surface area contributed by atoms with Crippen molar-refractivity contribution < 1.29 is 9.59 Å². The Morgan fingerprint density at radius 2 is 1.81 bits per heavy atom. The topological polar surface area (TPSA) is 109 Å². The van der Waals surface area contributed by atoms with Crippen LogP contribution in [-0.4, -0.2) is 38.7 Å². The third-order valence-corrected chi connectivity index (χ3v) is 7.39. The lowest BCUT2D eigenvalue weighted by atomic mass is 9.86. The van der Waals surface area contributed by atoms with E-state index in [1.807, 2.05) is 12.4 Å². The summed E-state index contributed by atoms with van der Waals surface area (Å²) in [6.45, 7) is 1.66. The van der Waals surface area contributed by atoms with Gasteiger partial charge in [0.15, 0.2) is 0 Å². The summed E-state index contributed by atoms with van der Waals surface area (Å²) in [5.41, 5.74) is 4.34. The monoisotopic (exact) mass is 500 g/mol. The predicted molar refractivity (Wildman–Crippen MR) is 142 cm³/mol. The second-order valence-electron chi connectivity index (χ2n) is 9.03. The zero-order valence-corrected chi connectivity index (χ0v) is 20.6. The summed E-state index contributed by atoms with van der Waals surface area (Å²) in [7, 11) is 0. The van der Waals surface area contributed by atoms with E-state index in [-0.39, 0.29) is 11.1 Å². The largest absolute Gasteiger partial charge is 0.354 e. The Morgan fingerprint density at radius 3 is 2.58 bits per heavy atom. The second kappa shape index (κ2) is 11.5. The summed E-state index contributed by atoms with van der Waals surface area (Å²) in [5, 5.41) is 9.00. The Bertz CT molecular complexity index is 1260. The molecule has 3 aromatic rings. The van der Waals surface area contributed by atoms with Crippen LogP contribution >= 0.6 is 11.8 Å². The van der Waals surface area contributed by atoms with Crippen LogP contribution in [0.15, 0.2) is 66.0 Å². The molecule has 8 nitrogen and oxygen atoms in total. The maximum absolute atomic E-state index is 11.8. The molecule has 2 fully saturated rings. The van der Waals surface area contributed by atoms with Gasteiger partial charge in [0.05, 0.1) is 10.6 Å². The van der Waals surface area contributed by atoms with Gasteiger partial charge in [0.25, 0.3) is 11.1 Å². The number of hydrogen-bond acceptors (Lipinski definition) is 8. The van der Waals surface area contributed by atoms with Crippen LogP contribution in [0.1, 0.15) is 36.9 Å². The maximum Gasteiger partial charge on any atom is 0.290 e. The molecule has 0 bridgehead atoms. The summed E-state index contributed by atoms with van der Waals surface area (Å²) in [4.78, 5) is 36.4. The van der Waals surface area contributed by atoms with E-state index in [9.17, 15) is 9.59 Å². The van der Waals surface area contributed by atoms with Crippen LogP contribution < -0.4 is 16.0 Å². The molecular weight excluding hydrogens is 472 g/mol. The van der Waals surface area contributed by atoms with Crippen molar-refractivity contribution in [2.24, 2.45) is 5.92 Å². The lowest BCUT2D eigenvalue weighted by molar-refractivity contribution is -0.115. The van der Waals surface area contributed by atoms with Crippen molar-refractivity contribution in [3.05, 3.63) is 77.2 Å². The highest BCUT2D eigenvalue weighted by molar-refractivity contribution is 8.18. The number of aromatic nitrogens is 3. The highest BCUT2D eigenvalue weighted by Gasteiger charge is 2.25. The minimum absolute atomic E-state index is 0.346. The molecule has 9 heteroatoms. The predicted octanol–water partition coefficient (Wildman–Crippen LogP) is 4.62. The zero-order valence-electron chi connectivity index (χ0n) is 19.8. The lowest BCUT2D eigenvalue weighted by Crippen LogP contribution is -2.34. The molecule has 0 radical (unpaired) electrons. The van der Waals surface area contributed by atoms with Gasteiger partial charge >= 0.3 is 0 Å². The van der Waals surface area contributed by atoms with Gasteiger partial charge in [-0.1, -0.05) is 24.3 Å². The first-order valence-corrected chi connectivity index (χ1v) is 13.0. The number of amides is 2. The van der Waals surface area contributed by atoms with Crippen molar-refractivity contribution in [3.8, 4) is 11.1 Å². The highest BCUT2D eigenvalue weighted by atomic mass is 32.2. The molecule has 0 unspecified atom stereocenters. The fraction of sp³-hybridized carbons (Fsp3) is 0.296. The average molecular weight is 501 g/mol. The molecule has 36 heavy (non-hydrogen) atoms. The smallest absolute Gasteiger partial charge is 0.290 e. The van der Waals surface area contributed by atoms with Gasteiger partial charge < -0.3 is 10.6 Å². The first-order valence-electron chi connectivity index (χ1n) is 12.2. The minimum Gasteiger partial charge on any atom is -0.354 e. The molecule has 184 valence electrons. The number of nitrogens with one attached hydrogen (secondary N) is 3. The highest BCUT2D eigenvalue weighted by Crippen LogP contribution is 2.27. The summed E-state index contributed by atoms with van der Waals surface area (Å²) in [6.07, 6.45) is 11.5. The van der Waals surface area contributed by atoms with Gasteiger partial charge in [-0.3, -0.25) is 19.9 Å². The van der Waals surface area contributed by atoms with E-state index in [1.165, 1.54) is 16.7 Å². The number of hydrogen-bond donors (Lipinski definition) is 3. The van der Waals surface area contributed by atoms with Crippen LogP contribution in [0.25, 0.3) is 17.2 Å². The average Bonchev–Trinajstić information content (AvgIpc) is 3.23. The van der Waals surface area contributed by atoms with Crippen LogP contribution in [-0.2, 0) is 11.3 Å². The maximum atomic E-state index is 11.8. The Balaban J connectivity index is 1.09. The van der Waals surface area contributed by atoms with Crippen LogP contribution in [0.5, 0.6) is 0 Å². The molecule has 1 saturated heterocycles. The second-order valence-corrected chi connectivity index (χ2v) is 10.0. The van der Waals surface area contributed by atoms with Crippen LogP contribution in [0.4, 0.5) is 10.7 Å². The molecule has 2 aromatic heterocycles. The van der Waals surface area contributed by atoms with Crippen molar-refractivity contribution in [1.29, 1.82) is 0 Å². The number of benzene rings is 1. The lowest BCUT2D eigenvalue weighted by Gasteiger charge is -2.29. The van der Waals surface area contributed by atoms with Gasteiger partial charge in [-0.25, -0.2) is 9.97 Å². The van der Waals surface area contributed by atoms with Crippen LogP contribution in [0.3, 0.4) is 0 Å². The summed E-state index contributed by atoms with van der Waals surface area (Å²) >= 11 is 0.885. The van der Waals surface area contributed by atoms with Crippen molar-refractivity contribution in [2.45, 2.75) is 38.3 Å². The fourth-order valence-electron chi connectivity index (χ4n) is 4.64. The third kappa shape index (κ3) is 6.16.